The number of methoxy groups -OCH3 is 1. The fourth-order valence-electron chi connectivity index (χ4n) is 2.37. The summed E-state index contributed by atoms with van der Waals surface area (Å²) in [6, 6.07) is 13.9. The summed E-state index contributed by atoms with van der Waals surface area (Å²) in [7, 11) is 1.66. The van der Waals surface area contributed by atoms with Crippen LogP contribution in [-0.4, -0.2) is 13.2 Å². The van der Waals surface area contributed by atoms with Gasteiger partial charge in [-0.05, 0) is 50.1 Å². The Bertz CT molecular complexity index is 608. The lowest BCUT2D eigenvalue weighted by atomic mass is 10.0. The summed E-state index contributed by atoms with van der Waals surface area (Å²) < 4.78 is 11.4. The normalized spacial score (nSPS) is 13.6. The molecule has 0 bridgehead atoms. The number of ether oxygens (including phenoxy) is 2. The third-order valence-corrected chi connectivity index (χ3v) is 3.48. The van der Waals surface area contributed by atoms with Crippen molar-refractivity contribution in [2.75, 3.05) is 7.11 Å². The van der Waals surface area contributed by atoms with Gasteiger partial charge in [0.15, 0.2) is 0 Å². The minimum absolute atomic E-state index is 0.127. The lowest BCUT2D eigenvalue weighted by molar-refractivity contribution is 0.179. The first kappa shape index (κ1) is 15.4. The molecule has 2 aromatic rings. The van der Waals surface area contributed by atoms with E-state index in [9.17, 15) is 0 Å². The average Bonchev–Trinajstić information content (AvgIpc) is 2.46. The van der Waals surface area contributed by atoms with E-state index in [0.717, 1.165) is 22.6 Å². The predicted octanol–water partition coefficient (Wildman–Crippen LogP) is 3.78. The van der Waals surface area contributed by atoms with Crippen molar-refractivity contribution in [1.82, 2.24) is 0 Å². The van der Waals surface area contributed by atoms with Crippen molar-refractivity contribution in [3.63, 3.8) is 0 Å². The lowest BCUT2D eigenvalue weighted by Crippen LogP contribution is -2.29. The van der Waals surface area contributed by atoms with E-state index in [4.69, 9.17) is 15.2 Å². The summed E-state index contributed by atoms with van der Waals surface area (Å²) in [5, 5.41) is 0. The smallest absolute Gasteiger partial charge is 0.139 e. The van der Waals surface area contributed by atoms with Crippen LogP contribution in [0.25, 0.3) is 0 Å². The van der Waals surface area contributed by atoms with E-state index in [1.165, 1.54) is 5.56 Å². The van der Waals surface area contributed by atoms with Gasteiger partial charge in [-0.25, -0.2) is 0 Å². The third-order valence-electron chi connectivity index (χ3n) is 3.48. The van der Waals surface area contributed by atoms with Crippen LogP contribution < -0.4 is 15.2 Å². The van der Waals surface area contributed by atoms with Gasteiger partial charge in [-0.2, -0.15) is 0 Å². The number of rotatable bonds is 5. The average molecular weight is 285 g/mol. The van der Waals surface area contributed by atoms with E-state index in [-0.39, 0.29) is 12.1 Å². The van der Waals surface area contributed by atoms with Crippen LogP contribution in [0.5, 0.6) is 11.5 Å². The molecule has 2 aromatic carbocycles. The molecular formula is C18H23NO2. The van der Waals surface area contributed by atoms with Crippen LogP contribution >= 0.6 is 0 Å². The maximum absolute atomic E-state index is 6.17. The summed E-state index contributed by atoms with van der Waals surface area (Å²) in [6.45, 7) is 6.07. The molecule has 3 heteroatoms. The molecule has 0 aromatic heterocycles. The molecule has 2 N–H and O–H groups in total. The Morgan fingerprint density at radius 1 is 1.05 bits per heavy atom. The zero-order chi connectivity index (χ0) is 15.4. The molecule has 2 rings (SSSR count). The van der Waals surface area contributed by atoms with E-state index >= 15 is 0 Å². The molecule has 0 saturated carbocycles. The van der Waals surface area contributed by atoms with E-state index < -0.39 is 0 Å². The number of nitrogens with two attached hydrogens (primary N) is 1. The van der Waals surface area contributed by atoms with E-state index in [2.05, 4.69) is 13.0 Å². The lowest BCUT2D eigenvalue weighted by Gasteiger charge is -2.24. The Kier molecular flexibility index (Phi) is 4.86. The highest BCUT2D eigenvalue weighted by Gasteiger charge is 2.19. The first-order valence-corrected chi connectivity index (χ1v) is 7.14. The van der Waals surface area contributed by atoms with E-state index in [1.54, 1.807) is 7.11 Å². The van der Waals surface area contributed by atoms with E-state index in [1.807, 2.05) is 50.2 Å². The summed E-state index contributed by atoms with van der Waals surface area (Å²) in [4.78, 5) is 0. The Hall–Kier alpha value is -2.00. The number of hydrogen-bond donors (Lipinski definition) is 1. The van der Waals surface area contributed by atoms with Crippen molar-refractivity contribution in [3.05, 3.63) is 59.2 Å². The molecule has 0 spiro atoms. The number of hydrogen-bond acceptors (Lipinski definition) is 3. The summed E-state index contributed by atoms with van der Waals surface area (Å²) in [5.41, 5.74) is 9.48. The summed E-state index contributed by atoms with van der Waals surface area (Å²) in [6.07, 6.45) is -0.207. The molecule has 0 aliphatic heterocycles. The first-order chi connectivity index (χ1) is 10.0. The van der Waals surface area contributed by atoms with Gasteiger partial charge in [-0.1, -0.05) is 29.8 Å². The van der Waals surface area contributed by atoms with Crippen LogP contribution in [0.15, 0.2) is 42.5 Å². The van der Waals surface area contributed by atoms with Gasteiger partial charge in [-0.15, -0.1) is 0 Å². The fourth-order valence-corrected chi connectivity index (χ4v) is 2.37. The van der Waals surface area contributed by atoms with Crippen molar-refractivity contribution in [2.24, 2.45) is 5.73 Å². The topological polar surface area (TPSA) is 44.5 Å². The quantitative estimate of drug-likeness (QED) is 0.909. The molecule has 2 atom stereocenters. The Balaban J connectivity index is 2.30. The van der Waals surface area contributed by atoms with Gasteiger partial charge in [0.25, 0.3) is 0 Å². The number of benzene rings is 2. The number of aryl methyl sites for hydroxylation is 2. The first-order valence-electron chi connectivity index (χ1n) is 7.14. The van der Waals surface area contributed by atoms with Gasteiger partial charge in [0.05, 0.1) is 7.11 Å². The van der Waals surface area contributed by atoms with E-state index in [0.29, 0.717) is 0 Å². The van der Waals surface area contributed by atoms with Gasteiger partial charge < -0.3 is 15.2 Å². The molecule has 0 aliphatic carbocycles. The van der Waals surface area contributed by atoms with Crippen LogP contribution in [0.3, 0.4) is 0 Å². The molecule has 0 heterocycles. The monoisotopic (exact) mass is 285 g/mol. The summed E-state index contributed by atoms with van der Waals surface area (Å²) in [5.74, 6) is 1.67. The van der Waals surface area contributed by atoms with Crippen LogP contribution in [0.4, 0.5) is 0 Å². The van der Waals surface area contributed by atoms with Crippen LogP contribution in [0, 0.1) is 13.8 Å². The molecular weight excluding hydrogens is 262 g/mol. The maximum atomic E-state index is 6.17. The molecule has 21 heavy (non-hydrogen) atoms. The zero-order valence-corrected chi connectivity index (χ0v) is 13.1. The molecule has 0 amide bonds. The van der Waals surface area contributed by atoms with Crippen molar-refractivity contribution >= 4 is 0 Å². The second kappa shape index (κ2) is 6.64. The minimum Gasteiger partial charge on any atom is -0.497 e. The second-order valence-corrected chi connectivity index (χ2v) is 5.44. The Labute approximate surface area is 126 Å². The second-order valence-electron chi connectivity index (χ2n) is 5.44. The molecule has 0 aliphatic rings. The van der Waals surface area contributed by atoms with Gasteiger partial charge in [0.2, 0.25) is 0 Å². The van der Waals surface area contributed by atoms with Crippen molar-refractivity contribution in [2.45, 2.75) is 32.9 Å². The Morgan fingerprint density at radius 3 is 2.43 bits per heavy atom. The molecule has 0 fully saturated rings. The largest absolute Gasteiger partial charge is 0.497 e. The molecule has 3 nitrogen and oxygen atoms in total. The van der Waals surface area contributed by atoms with Gasteiger partial charge in [0, 0.05) is 6.04 Å². The van der Waals surface area contributed by atoms with Crippen LogP contribution in [0.2, 0.25) is 0 Å². The van der Waals surface area contributed by atoms with Gasteiger partial charge >= 0.3 is 0 Å². The Morgan fingerprint density at radius 2 is 1.81 bits per heavy atom. The fraction of sp³-hybridized carbons (Fsp3) is 0.333. The predicted molar refractivity (Wildman–Crippen MR) is 85.9 cm³/mol. The highest BCUT2D eigenvalue weighted by atomic mass is 16.5. The van der Waals surface area contributed by atoms with Crippen LogP contribution in [-0.2, 0) is 0 Å². The highest BCUT2D eigenvalue weighted by Crippen LogP contribution is 2.29. The van der Waals surface area contributed by atoms with Crippen molar-refractivity contribution in [3.8, 4) is 11.5 Å². The van der Waals surface area contributed by atoms with Gasteiger partial charge in [-0.3, -0.25) is 0 Å². The molecule has 0 saturated heterocycles. The van der Waals surface area contributed by atoms with Crippen LogP contribution in [0.1, 0.15) is 29.7 Å². The standard InChI is InChI=1S/C18H23NO2/c1-12-8-9-17(13(2)10-12)21-18(14(3)19)15-6-5-7-16(11-15)20-4/h5-11,14,18H,19H2,1-4H3. The minimum atomic E-state index is -0.207. The van der Waals surface area contributed by atoms with Gasteiger partial charge in [0.1, 0.15) is 17.6 Å². The maximum Gasteiger partial charge on any atom is 0.139 e. The zero-order valence-electron chi connectivity index (χ0n) is 13.1. The summed E-state index contributed by atoms with van der Waals surface area (Å²) >= 11 is 0. The third kappa shape index (κ3) is 3.76. The molecule has 0 radical (unpaired) electrons. The molecule has 2 unspecified atom stereocenters. The van der Waals surface area contributed by atoms with Crippen molar-refractivity contribution < 1.29 is 9.47 Å². The SMILES string of the molecule is COc1cccc(C(Oc2ccc(C)cc2C)C(C)N)c1. The highest BCUT2D eigenvalue weighted by molar-refractivity contribution is 5.37. The molecule has 112 valence electrons. The van der Waals surface area contributed by atoms with Crippen molar-refractivity contribution in [1.29, 1.82) is 0 Å².